The summed E-state index contributed by atoms with van der Waals surface area (Å²) >= 11 is 0. The van der Waals surface area contributed by atoms with Gasteiger partial charge < -0.3 is 10.2 Å². The molecule has 1 atom stereocenters. The molecule has 1 N–H and O–H groups in total. The van der Waals surface area contributed by atoms with Gasteiger partial charge in [-0.2, -0.15) is 0 Å². The molecule has 1 aliphatic rings. The first-order valence-corrected chi connectivity index (χ1v) is 7.64. The Morgan fingerprint density at radius 1 is 1.35 bits per heavy atom. The number of likely N-dealkylation sites (tertiary alicyclic amines) is 1. The number of amides is 2. The molecule has 1 aliphatic heterocycles. The van der Waals surface area contributed by atoms with Crippen molar-refractivity contribution in [3.8, 4) is 0 Å². The standard InChI is InChI=1S/C15H29N3O2/c1-11(2)17(12(3)4)9-8-16-14(19)10-18-13(5)6-7-15(18)20/h11-13H,6-10H2,1-5H3,(H,16,19). The lowest BCUT2D eigenvalue weighted by atomic mass is 10.2. The van der Waals surface area contributed by atoms with Crippen LogP contribution in [0.3, 0.4) is 0 Å². The maximum atomic E-state index is 11.9. The largest absolute Gasteiger partial charge is 0.353 e. The molecule has 0 aromatic carbocycles. The summed E-state index contributed by atoms with van der Waals surface area (Å²) < 4.78 is 0. The highest BCUT2D eigenvalue weighted by Gasteiger charge is 2.28. The van der Waals surface area contributed by atoms with Gasteiger partial charge in [-0.3, -0.25) is 14.5 Å². The Labute approximate surface area is 122 Å². The van der Waals surface area contributed by atoms with Crippen molar-refractivity contribution in [3.63, 3.8) is 0 Å². The molecular weight excluding hydrogens is 254 g/mol. The van der Waals surface area contributed by atoms with E-state index in [1.807, 2.05) is 6.92 Å². The number of hydrogen-bond acceptors (Lipinski definition) is 3. The van der Waals surface area contributed by atoms with Crippen LogP contribution in [0.5, 0.6) is 0 Å². The number of carbonyl (C=O) groups excluding carboxylic acids is 2. The number of nitrogens with zero attached hydrogens (tertiary/aromatic N) is 2. The maximum absolute atomic E-state index is 11.9. The molecule has 1 heterocycles. The van der Waals surface area contributed by atoms with Gasteiger partial charge in [0, 0.05) is 37.6 Å². The normalized spacial score (nSPS) is 19.5. The van der Waals surface area contributed by atoms with Crippen molar-refractivity contribution in [1.29, 1.82) is 0 Å². The molecule has 1 saturated heterocycles. The van der Waals surface area contributed by atoms with Crippen LogP contribution in [0.4, 0.5) is 0 Å². The molecule has 0 radical (unpaired) electrons. The van der Waals surface area contributed by atoms with Crippen LogP contribution in [0.1, 0.15) is 47.5 Å². The van der Waals surface area contributed by atoms with Gasteiger partial charge >= 0.3 is 0 Å². The molecule has 0 spiro atoms. The topological polar surface area (TPSA) is 52.7 Å². The van der Waals surface area contributed by atoms with Crippen LogP contribution < -0.4 is 5.32 Å². The molecule has 1 unspecified atom stereocenters. The minimum Gasteiger partial charge on any atom is -0.353 e. The van der Waals surface area contributed by atoms with Crippen molar-refractivity contribution < 1.29 is 9.59 Å². The molecule has 116 valence electrons. The maximum Gasteiger partial charge on any atom is 0.239 e. The Hall–Kier alpha value is -1.10. The van der Waals surface area contributed by atoms with Crippen molar-refractivity contribution in [2.75, 3.05) is 19.6 Å². The minimum atomic E-state index is -0.0560. The monoisotopic (exact) mass is 283 g/mol. The number of rotatable bonds is 7. The Morgan fingerprint density at radius 3 is 2.40 bits per heavy atom. The number of hydrogen-bond donors (Lipinski definition) is 1. The van der Waals surface area contributed by atoms with Crippen LogP contribution >= 0.6 is 0 Å². The Kier molecular flexibility index (Phi) is 6.46. The van der Waals surface area contributed by atoms with Crippen LogP contribution in [0, 0.1) is 0 Å². The summed E-state index contributed by atoms with van der Waals surface area (Å²) in [6.07, 6.45) is 1.43. The fraction of sp³-hybridized carbons (Fsp3) is 0.867. The minimum absolute atomic E-state index is 0.0560. The quantitative estimate of drug-likeness (QED) is 0.764. The summed E-state index contributed by atoms with van der Waals surface area (Å²) in [4.78, 5) is 27.5. The van der Waals surface area contributed by atoms with Crippen LogP contribution in [-0.2, 0) is 9.59 Å². The van der Waals surface area contributed by atoms with Crippen LogP contribution in [-0.4, -0.2) is 59.4 Å². The highest BCUT2D eigenvalue weighted by molar-refractivity contribution is 5.86. The van der Waals surface area contributed by atoms with Crippen molar-refractivity contribution in [3.05, 3.63) is 0 Å². The van der Waals surface area contributed by atoms with E-state index >= 15 is 0 Å². The summed E-state index contributed by atoms with van der Waals surface area (Å²) in [5, 5.41) is 2.92. The SMILES string of the molecule is CC1CCC(=O)N1CC(=O)NCCN(C(C)C)C(C)C. The third-order valence-corrected chi connectivity index (χ3v) is 3.96. The van der Waals surface area contributed by atoms with E-state index in [0.717, 1.165) is 13.0 Å². The fourth-order valence-electron chi connectivity index (χ4n) is 2.77. The zero-order valence-electron chi connectivity index (χ0n) is 13.5. The van der Waals surface area contributed by atoms with E-state index in [0.29, 0.717) is 25.0 Å². The van der Waals surface area contributed by atoms with Crippen molar-refractivity contribution in [1.82, 2.24) is 15.1 Å². The van der Waals surface area contributed by atoms with Gasteiger partial charge in [0.25, 0.3) is 0 Å². The summed E-state index contributed by atoms with van der Waals surface area (Å²) in [6.45, 7) is 12.3. The smallest absolute Gasteiger partial charge is 0.239 e. The summed E-state index contributed by atoms with van der Waals surface area (Å²) in [5.74, 6) is 0.0400. The number of nitrogens with one attached hydrogen (secondary N) is 1. The molecule has 0 aliphatic carbocycles. The molecule has 0 bridgehead atoms. The zero-order chi connectivity index (χ0) is 15.3. The predicted octanol–water partition coefficient (Wildman–Crippen LogP) is 1.23. The molecule has 0 aromatic heterocycles. The Bertz CT molecular complexity index is 334. The van der Waals surface area contributed by atoms with Gasteiger partial charge in [0.1, 0.15) is 0 Å². The van der Waals surface area contributed by atoms with E-state index in [1.165, 1.54) is 0 Å². The Morgan fingerprint density at radius 2 is 1.95 bits per heavy atom. The fourth-order valence-corrected chi connectivity index (χ4v) is 2.77. The van der Waals surface area contributed by atoms with Gasteiger partial charge in [-0.25, -0.2) is 0 Å². The van der Waals surface area contributed by atoms with Gasteiger partial charge in [0.15, 0.2) is 0 Å². The van der Waals surface area contributed by atoms with E-state index in [2.05, 4.69) is 37.9 Å². The molecule has 5 heteroatoms. The van der Waals surface area contributed by atoms with Crippen LogP contribution in [0.2, 0.25) is 0 Å². The molecule has 5 nitrogen and oxygen atoms in total. The van der Waals surface area contributed by atoms with Crippen LogP contribution in [0.15, 0.2) is 0 Å². The lowest BCUT2D eigenvalue weighted by molar-refractivity contribution is -0.134. The molecule has 1 fully saturated rings. The number of carbonyl (C=O) groups is 2. The summed E-state index contributed by atoms with van der Waals surface area (Å²) in [5.41, 5.74) is 0. The molecule has 0 aromatic rings. The molecule has 0 saturated carbocycles. The van der Waals surface area contributed by atoms with Gasteiger partial charge in [0.2, 0.25) is 11.8 Å². The van der Waals surface area contributed by atoms with Gasteiger partial charge in [0.05, 0.1) is 6.54 Å². The zero-order valence-corrected chi connectivity index (χ0v) is 13.5. The first-order chi connectivity index (χ1) is 9.32. The van der Waals surface area contributed by atoms with Crippen molar-refractivity contribution in [2.45, 2.75) is 65.6 Å². The second kappa shape index (κ2) is 7.62. The highest BCUT2D eigenvalue weighted by atomic mass is 16.2. The van der Waals surface area contributed by atoms with Gasteiger partial charge in [-0.1, -0.05) is 0 Å². The predicted molar refractivity (Wildman–Crippen MR) is 80.4 cm³/mol. The van der Waals surface area contributed by atoms with E-state index in [-0.39, 0.29) is 24.4 Å². The van der Waals surface area contributed by atoms with E-state index in [4.69, 9.17) is 0 Å². The first-order valence-electron chi connectivity index (χ1n) is 7.64. The molecular formula is C15H29N3O2. The van der Waals surface area contributed by atoms with Crippen molar-refractivity contribution >= 4 is 11.8 Å². The third-order valence-electron chi connectivity index (χ3n) is 3.96. The summed E-state index contributed by atoms with van der Waals surface area (Å²) in [6, 6.07) is 1.12. The average molecular weight is 283 g/mol. The van der Waals surface area contributed by atoms with E-state index in [1.54, 1.807) is 4.90 Å². The third kappa shape index (κ3) is 4.78. The summed E-state index contributed by atoms with van der Waals surface area (Å²) in [7, 11) is 0. The molecule has 1 rings (SSSR count). The first kappa shape index (κ1) is 17.0. The van der Waals surface area contributed by atoms with Crippen molar-refractivity contribution in [2.24, 2.45) is 0 Å². The molecule has 2 amide bonds. The highest BCUT2D eigenvalue weighted by Crippen LogP contribution is 2.17. The van der Waals surface area contributed by atoms with Gasteiger partial charge in [-0.15, -0.1) is 0 Å². The van der Waals surface area contributed by atoms with E-state index in [9.17, 15) is 9.59 Å². The lowest BCUT2D eigenvalue weighted by Gasteiger charge is -2.30. The second-order valence-electron chi connectivity index (χ2n) is 6.18. The second-order valence-corrected chi connectivity index (χ2v) is 6.18. The van der Waals surface area contributed by atoms with Crippen LogP contribution in [0.25, 0.3) is 0 Å². The average Bonchev–Trinajstić information content (AvgIpc) is 2.65. The van der Waals surface area contributed by atoms with E-state index < -0.39 is 0 Å². The molecule has 20 heavy (non-hydrogen) atoms. The van der Waals surface area contributed by atoms with Gasteiger partial charge in [-0.05, 0) is 41.0 Å². The Balaban J connectivity index is 2.31. The lowest BCUT2D eigenvalue weighted by Crippen LogP contribution is -2.45.